The Kier molecular flexibility index (Phi) is 6.69. The maximum absolute atomic E-state index is 14.0. The zero-order chi connectivity index (χ0) is 24.7. The second kappa shape index (κ2) is 9.25. The number of halogens is 1. The molecule has 1 aromatic carbocycles. The summed E-state index contributed by atoms with van der Waals surface area (Å²) in [7, 11) is 1.55. The number of amides is 2. The van der Waals surface area contributed by atoms with E-state index in [-0.39, 0.29) is 29.8 Å². The molecular weight excluding hydrogens is 452 g/mol. The van der Waals surface area contributed by atoms with Crippen LogP contribution >= 0.6 is 11.6 Å². The smallest absolute Gasteiger partial charge is 0.277 e. The van der Waals surface area contributed by atoms with Gasteiger partial charge in [-0.15, -0.1) is 0 Å². The van der Waals surface area contributed by atoms with E-state index in [2.05, 4.69) is 26.1 Å². The Labute approximate surface area is 206 Å². The monoisotopic (exact) mass is 486 g/mol. The van der Waals surface area contributed by atoms with Gasteiger partial charge in [0, 0.05) is 16.5 Å². The number of benzene rings is 1. The van der Waals surface area contributed by atoms with E-state index >= 15 is 0 Å². The van der Waals surface area contributed by atoms with Gasteiger partial charge in [0.1, 0.15) is 17.0 Å². The topological polar surface area (TPSA) is 76.5 Å². The highest BCUT2D eigenvalue weighted by Crippen LogP contribution is 2.40. The minimum absolute atomic E-state index is 0.106. The van der Waals surface area contributed by atoms with Crippen molar-refractivity contribution in [3.8, 4) is 5.75 Å². The number of carbonyl (C=O) groups is 2. The molecule has 2 aromatic rings. The summed E-state index contributed by atoms with van der Waals surface area (Å²) in [5, 5.41) is 8.46. The molecule has 1 saturated carbocycles. The Morgan fingerprint density at radius 3 is 2.47 bits per heavy atom. The van der Waals surface area contributed by atoms with Crippen molar-refractivity contribution in [2.24, 2.45) is 0 Å². The normalized spacial score (nSPS) is 21.7. The lowest BCUT2D eigenvalue weighted by Gasteiger charge is -2.44. The number of nitrogens with one attached hydrogen (secondary N) is 1. The van der Waals surface area contributed by atoms with Crippen LogP contribution in [-0.2, 0) is 16.8 Å². The summed E-state index contributed by atoms with van der Waals surface area (Å²) in [6.07, 6.45) is 6.50. The van der Waals surface area contributed by atoms with Crippen molar-refractivity contribution in [2.75, 3.05) is 12.0 Å². The first-order chi connectivity index (χ1) is 16.0. The van der Waals surface area contributed by atoms with E-state index in [0.717, 1.165) is 31.4 Å². The first-order valence-corrected chi connectivity index (χ1v) is 12.5. The number of ether oxygens (including phenoxy) is 1. The summed E-state index contributed by atoms with van der Waals surface area (Å²) in [4.78, 5) is 29.4. The lowest BCUT2D eigenvalue weighted by molar-refractivity contribution is -0.127. The molecular formula is C26H35ClN4O3. The van der Waals surface area contributed by atoms with Gasteiger partial charge < -0.3 is 10.1 Å². The predicted octanol–water partition coefficient (Wildman–Crippen LogP) is 5.10. The molecule has 0 saturated heterocycles. The van der Waals surface area contributed by atoms with E-state index in [1.54, 1.807) is 41.8 Å². The van der Waals surface area contributed by atoms with Gasteiger partial charge in [0.25, 0.3) is 5.91 Å². The van der Waals surface area contributed by atoms with Gasteiger partial charge in [-0.1, -0.05) is 58.1 Å². The highest BCUT2D eigenvalue weighted by Gasteiger charge is 2.50. The Balaban J connectivity index is 1.81. The van der Waals surface area contributed by atoms with Crippen LogP contribution in [0.25, 0.3) is 0 Å². The highest BCUT2D eigenvalue weighted by atomic mass is 35.5. The summed E-state index contributed by atoms with van der Waals surface area (Å²) in [6.45, 7) is 8.21. The van der Waals surface area contributed by atoms with Crippen molar-refractivity contribution < 1.29 is 14.3 Å². The molecule has 184 valence electrons. The zero-order valence-electron chi connectivity index (χ0n) is 20.8. The number of hydrogen-bond donors (Lipinski definition) is 1. The van der Waals surface area contributed by atoms with E-state index in [4.69, 9.17) is 21.4 Å². The van der Waals surface area contributed by atoms with Gasteiger partial charge in [-0.05, 0) is 44.0 Å². The van der Waals surface area contributed by atoms with Crippen LogP contribution in [-0.4, -0.2) is 40.3 Å². The molecule has 2 heterocycles. The van der Waals surface area contributed by atoms with Gasteiger partial charge in [-0.3, -0.25) is 19.2 Å². The first kappa shape index (κ1) is 24.6. The number of rotatable bonds is 4. The highest BCUT2D eigenvalue weighted by molar-refractivity contribution is 6.31. The van der Waals surface area contributed by atoms with Crippen molar-refractivity contribution in [2.45, 2.75) is 89.8 Å². The molecule has 4 rings (SSSR count). The van der Waals surface area contributed by atoms with Gasteiger partial charge in [-0.2, -0.15) is 5.10 Å². The summed E-state index contributed by atoms with van der Waals surface area (Å²) < 4.78 is 7.27. The number of anilines is 1. The fourth-order valence-corrected chi connectivity index (χ4v) is 5.09. The first-order valence-electron chi connectivity index (χ1n) is 12.1. The molecule has 2 aliphatic rings. The third-order valence-corrected chi connectivity index (χ3v) is 7.22. The van der Waals surface area contributed by atoms with E-state index in [0.29, 0.717) is 22.2 Å². The summed E-state index contributed by atoms with van der Waals surface area (Å²) in [6, 6.07) is 7.06. The second-order valence-electron chi connectivity index (χ2n) is 10.7. The van der Waals surface area contributed by atoms with Crippen LogP contribution in [0.1, 0.15) is 82.4 Å². The molecule has 7 nitrogen and oxygen atoms in total. The Morgan fingerprint density at radius 2 is 1.85 bits per heavy atom. The Hall–Kier alpha value is -2.54. The number of aromatic nitrogens is 2. The summed E-state index contributed by atoms with van der Waals surface area (Å²) in [5.74, 6) is -0.00294. The van der Waals surface area contributed by atoms with Crippen LogP contribution in [0.4, 0.5) is 5.69 Å². The quantitative estimate of drug-likeness (QED) is 0.610. The summed E-state index contributed by atoms with van der Waals surface area (Å²) in [5.41, 5.74) is 0.287. The largest absolute Gasteiger partial charge is 0.495 e. The van der Waals surface area contributed by atoms with E-state index < -0.39 is 5.54 Å². The maximum atomic E-state index is 14.0. The Morgan fingerprint density at radius 1 is 1.18 bits per heavy atom. The molecule has 1 aliphatic heterocycles. The number of methoxy groups -OCH3 is 1. The van der Waals surface area contributed by atoms with Crippen LogP contribution in [0, 0.1) is 0 Å². The van der Waals surface area contributed by atoms with Crippen LogP contribution in [0.5, 0.6) is 5.75 Å². The van der Waals surface area contributed by atoms with Crippen molar-refractivity contribution in [3.63, 3.8) is 0 Å². The predicted molar refractivity (Wildman–Crippen MR) is 134 cm³/mol. The van der Waals surface area contributed by atoms with Crippen molar-refractivity contribution in [3.05, 3.63) is 40.7 Å². The van der Waals surface area contributed by atoms with Crippen LogP contribution in [0.2, 0.25) is 5.02 Å². The molecule has 1 aliphatic carbocycles. The Bertz CT molecular complexity index is 1080. The van der Waals surface area contributed by atoms with Crippen molar-refractivity contribution in [1.29, 1.82) is 0 Å². The molecule has 1 N–H and O–H groups in total. The maximum Gasteiger partial charge on any atom is 0.277 e. The van der Waals surface area contributed by atoms with Crippen molar-refractivity contribution >= 4 is 29.1 Å². The minimum Gasteiger partial charge on any atom is -0.495 e. The lowest BCUT2D eigenvalue weighted by atomic mass is 9.91. The number of carbonyl (C=O) groups excluding carboxylic acids is 2. The van der Waals surface area contributed by atoms with Gasteiger partial charge in [-0.25, -0.2) is 0 Å². The fraction of sp³-hybridized carbons (Fsp3) is 0.577. The van der Waals surface area contributed by atoms with E-state index in [1.807, 2.05) is 6.07 Å². The van der Waals surface area contributed by atoms with Crippen LogP contribution in [0.15, 0.2) is 24.3 Å². The standard InChI is InChI=1S/C26H35ClN4O3/c1-25(2,3)22-15-20-23(32)31(19-14-17(27)12-13-21(19)34-5)26(4,16-30(20)29-22)24(33)28-18-10-8-6-7-9-11-18/h12-15,18H,6-11,16H2,1-5H3,(H,28,33)/t26-/m0/s1. The van der Waals surface area contributed by atoms with E-state index in [9.17, 15) is 9.59 Å². The lowest BCUT2D eigenvalue weighted by Crippen LogP contribution is -2.65. The molecule has 8 heteroatoms. The third-order valence-electron chi connectivity index (χ3n) is 6.98. The third kappa shape index (κ3) is 4.54. The molecule has 0 spiro atoms. The van der Waals surface area contributed by atoms with Crippen LogP contribution in [0.3, 0.4) is 0 Å². The van der Waals surface area contributed by atoms with E-state index in [1.165, 1.54) is 12.8 Å². The molecule has 1 atom stereocenters. The van der Waals surface area contributed by atoms with Crippen LogP contribution < -0.4 is 15.0 Å². The molecule has 1 fully saturated rings. The molecule has 0 bridgehead atoms. The summed E-state index contributed by atoms with van der Waals surface area (Å²) >= 11 is 6.34. The van der Waals surface area contributed by atoms with Gasteiger partial charge >= 0.3 is 0 Å². The van der Waals surface area contributed by atoms with Gasteiger partial charge in [0.15, 0.2) is 0 Å². The number of nitrogens with zero attached hydrogens (tertiary/aromatic N) is 3. The zero-order valence-corrected chi connectivity index (χ0v) is 21.5. The minimum atomic E-state index is -1.21. The molecule has 0 unspecified atom stereocenters. The molecule has 34 heavy (non-hydrogen) atoms. The SMILES string of the molecule is COc1ccc(Cl)cc1N1C(=O)c2cc(C(C)(C)C)nn2C[C@@]1(C)C(=O)NC1CCCCCC1. The number of hydrogen-bond acceptors (Lipinski definition) is 4. The van der Waals surface area contributed by atoms with Gasteiger partial charge in [0.2, 0.25) is 5.91 Å². The molecule has 1 aromatic heterocycles. The fourth-order valence-electron chi connectivity index (χ4n) is 4.93. The molecule has 2 amide bonds. The van der Waals surface area contributed by atoms with Crippen molar-refractivity contribution in [1.82, 2.24) is 15.1 Å². The average Bonchev–Trinajstić information content (AvgIpc) is 3.04. The molecule has 0 radical (unpaired) electrons. The second-order valence-corrected chi connectivity index (χ2v) is 11.2. The number of fused-ring (bicyclic) bond motifs is 1. The van der Waals surface area contributed by atoms with Gasteiger partial charge in [0.05, 0.1) is 25.0 Å². The average molecular weight is 487 g/mol.